The van der Waals surface area contributed by atoms with E-state index in [9.17, 15) is 4.79 Å². The number of halogens is 1. The van der Waals surface area contributed by atoms with E-state index < -0.39 is 0 Å². The number of aromatic nitrogens is 1. The lowest BCUT2D eigenvalue weighted by molar-refractivity contribution is -0.116. The summed E-state index contributed by atoms with van der Waals surface area (Å²) in [6.07, 6.45) is 5.48. The van der Waals surface area contributed by atoms with E-state index in [1.54, 1.807) is 13.1 Å². The molecule has 7 heteroatoms. The smallest absolute Gasteiger partial charge is 0.227 e. The second-order valence-electron chi connectivity index (χ2n) is 6.52. The number of hydrogen-bond donors (Lipinski definition) is 3. The average Bonchev–Trinajstić information content (AvgIpc) is 2.52. The lowest BCUT2D eigenvalue weighted by Crippen LogP contribution is -2.46. The molecule has 6 nitrogen and oxygen atoms in total. The topological polar surface area (TPSA) is 78.4 Å². The van der Waals surface area contributed by atoms with Crippen molar-refractivity contribution in [3.63, 3.8) is 0 Å². The average molecular weight is 459 g/mol. The quantitative estimate of drug-likeness (QED) is 0.333. The molecule has 0 radical (unpaired) electrons. The Morgan fingerprint density at radius 2 is 2.08 bits per heavy atom. The third-order valence-corrected chi connectivity index (χ3v) is 4.82. The van der Waals surface area contributed by atoms with Gasteiger partial charge in [-0.05, 0) is 43.7 Å². The zero-order valence-electron chi connectivity index (χ0n) is 15.4. The fourth-order valence-corrected chi connectivity index (χ4v) is 2.94. The third kappa shape index (κ3) is 6.80. The van der Waals surface area contributed by atoms with Gasteiger partial charge >= 0.3 is 0 Å². The van der Waals surface area contributed by atoms with Crippen molar-refractivity contribution in [3.8, 4) is 0 Å². The number of nitrogens with zero attached hydrogens (tertiary/aromatic N) is 2. The lowest BCUT2D eigenvalue weighted by Gasteiger charge is -2.41. The summed E-state index contributed by atoms with van der Waals surface area (Å²) in [5, 5.41) is 9.40. The van der Waals surface area contributed by atoms with Crippen LogP contribution in [0.2, 0.25) is 0 Å². The van der Waals surface area contributed by atoms with Gasteiger partial charge in [-0.25, -0.2) is 4.98 Å². The van der Waals surface area contributed by atoms with Crippen molar-refractivity contribution in [2.24, 2.45) is 10.4 Å². The Hall–Kier alpha value is -1.38. The molecule has 1 aliphatic carbocycles. The maximum Gasteiger partial charge on any atom is 0.227 e. The summed E-state index contributed by atoms with van der Waals surface area (Å²) >= 11 is 0. The predicted molar refractivity (Wildman–Crippen MR) is 114 cm³/mol. The minimum absolute atomic E-state index is 0. The normalized spacial score (nSPS) is 15.6. The Morgan fingerprint density at radius 3 is 2.64 bits per heavy atom. The highest BCUT2D eigenvalue weighted by molar-refractivity contribution is 14.0. The van der Waals surface area contributed by atoms with E-state index in [1.807, 2.05) is 19.1 Å². The van der Waals surface area contributed by atoms with Gasteiger partial charge in [0.05, 0.1) is 0 Å². The van der Waals surface area contributed by atoms with Crippen molar-refractivity contribution in [2.75, 3.05) is 25.5 Å². The van der Waals surface area contributed by atoms with Crippen LogP contribution in [0.3, 0.4) is 0 Å². The van der Waals surface area contributed by atoms with Crippen LogP contribution in [0.5, 0.6) is 0 Å². The molecule has 0 aliphatic heterocycles. The summed E-state index contributed by atoms with van der Waals surface area (Å²) in [7, 11) is 1.76. The summed E-state index contributed by atoms with van der Waals surface area (Å²) in [5.74, 6) is 1.30. The van der Waals surface area contributed by atoms with Gasteiger partial charge in [0.1, 0.15) is 5.82 Å². The number of aryl methyl sites for hydroxylation is 1. The summed E-state index contributed by atoms with van der Waals surface area (Å²) in [4.78, 5) is 20.5. The van der Waals surface area contributed by atoms with Gasteiger partial charge < -0.3 is 16.0 Å². The van der Waals surface area contributed by atoms with Crippen molar-refractivity contribution in [1.29, 1.82) is 0 Å². The van der Waals surface area contributed by atoms with Gasteiger partial charge in [0, 0.05) is 32.3 Å². The molecule has 1 aromatic rings. The van der Waals surface area contributed by atoms with Crippen molar-refractivity contribution in [2.45, 2.75) is 46.0 Å². The van der Waals surface area contributed by atoms with Crippen LogP contribution in [0, 0.1) is 12.3 Å². The molecule has 0 spiro atoms. The SMILES string of the molecule is CCC1(CNC(=NC)NCCC(=O)Nc2cccc(C)n2)CCC1.I. The number of carbonyl (C=O) groups excluding carboxylic acids is 1. The van der Waals surface area contributed by atoms with E-state index in [1.165, 1.54) is 25.7 Å². The van der Waals surface area contributed by atoms with Gasteiger partial charge in [0.15, 0.2) is 5.96 Å². The summed E-state index contributed by atoms with van der Waals surface area (Å²) in [6.45, 7) is 5.64. The number of anilines is 1. The summed E-state index contributed by atoms with van der Waals surface area (Å²) < 4.78 is 0. The molecule has 0 aromatic carbocycles. The van der Waals surface area contributed by atoms with Crippen molar-refractivity contribution < 1.29 is 4.79 Å². The van der Waals surface area contributed by atoms with Gasteiger partial charge in [0.2, 0.25) is 5.91 Å². The molecule has 3 N–H and O–H groups in total. The van der Waals surface area contributed by atoms with Crippen LogP contribution in [-0.2, 0) is 4.79 Å². The van der Waals surface area contributed by atoms with E-state index in [2.05, 4.69) is 32.9 Å². The van der Waals surface area contributed by atoms with Gasteiger partial charge in [-0.2, -0.15) is 0 Å². The van der Waals surface area contributed by atoms with Crippen LogP contribution in [0.15, 0.2) is 23.2 Å². The molecule has 1 aliphatic rings. The second-order valence-corrected chi connectivity index (χ2v) is 6.52. The van der Waals surface area contributed by atoms with E-state index in [4.69, 9.17) is 0 Å². The number of amides is 1. The molecule has 0 saturated heterocycles. The molecular formula is C18H30IN5O. The first kappa shape index (κ1) is 21.7. The largest absolute Gasteiger partial charge is 0.356 e. The third-order valence-electron chi connectivity index (χ3n) is 4.82. The zero-order chi connectivity index (χ0) is 17.4. The molecule has 1 heterocycles. The minimum Gasteiger partial charge on any atom is -0.356 e. The van der Waals surface area contributed by atoms with Crippen LogP contribution < -0.4 is 16.0 Å². The minimum atomic E-state index is -0.0555. The van der Waals surface area contributed by atoms with E-state index in [-0.39, 0.29) is 29.9 Å². The van der Waals surface area contributed by atoms with Crippen LogP contribution in [-0.4, -0.2) is 37.0 Å². The first-order valence-corrected chi connectivity index (χ1v) is 8.75. The molecule has 0 bridgehead atoms. The Balaban J connectivity index is 0.00000312. The molecule has 1 saturated carbocycles. The number of carbonyl (C=O) groups is 1. The number of guanidine groups is 1. The second kappa shape index (κ2) is 10.6. The first-order chi connectivity index (χ1) is 11.6. The van der Waals surface area contributed by atoms with Gasteiger partial charge in [-0.15, -0.1) is 24.0 Å². The van der Waals surface area contributed by atoms with Crippen molar-refractivity contribution >= 4 is 41.7 Å². The van der Waals surface area contributed by atoms with Gasteiger partial charge in [-0.3, -0.25) is 9.79 Å². The fraction of sp³-hybridized carbons (Fsp3) is 0.611. The van der Waals surface area contributed by atoms with Gasteiger partial charge in [-0.1, -0.05) is 19.4 Å². The number of rotatable bonds is 7. The van der Waals surface area contributed by atoms with Crippen LogP contribution in [0.4, 0.5) is 5.82 Å². The maximum absolute atomic E-state index is 12.0. The Morgan fingerprint density at radius 1 is 1.32 bits per heavy atom. The lowest BCUT2D eigenvalue weighted by atomic mass is 9.67. The van der Waals surface area contributed by atoms with E-state index in [0.29, 0.717) is 24.2 Å². The summed E-state index contributed by atoms with van der Waals surface area (Å²) in [5.41, 5.74) is 1.32. The van der Waals surface area contributed by atoms with Crippen LogP contribution in [0.25, 0.3) is 0 Å². The number of nitrogens with one attached hydrogen (secondary N) is 3. The van der Waals surface area contributed by atoms with Crippen LogP contribution >= 0.6 is 24.0 Å². The van der Waals surface area contributed by atoms with Crippen molar-refractivity contribution in [1.82, 2.24) is 15.6 Å². The highest BCUT2D eigenvalue weighted by Crippen LogP contribution is 2.42. The summed E-state index contributed by atoms with van der Waals surface area (Å²) in [6, 6.07) is 5.58. The molecule has 1 aromatic heterocycles. The molecule has 2 rings (SSSR count). The monoisotopic (exact) mass is 459 g/mol. The molecule has 1 amide bonds. The fourth-order valence-electron chi connectivity index (χ4n) is 2.94. The first-order valence-electron chi connectivity index (χ1n) is 8.75. The van der Waals surface area contributed by atoms with E-state index in [0.717, 1.165) is 18.2 Å². The maximum atomic E-state index is 12.0. The standard InChI is InChI=1S/C18H29N5O.HI/c1-4-18(10-6-11-18)13-21-17(19-3)20-12-9-16(24)23-15-8-5-7-14(2)22-15;/h5,7-8H,4,6,9-13H2,1-3H3,(H2,19,20,21)(H,22,23,24);1H. The molecule has 140 valence electrons. The highest BCUT2D eigenvalue weighted by Gasteiger charge is 2.34. The number of hydrogen-bond acceptors (Lipinski definition) is 3. The molecule has 0 unspecified atom stereocenters. The highest BCUT2D eigenvalue weighted by atomic mass is 127. The van der Waals surface area contributed by atoms with Gasteiger partial charge in [0.25, 0.3) is 0 Å². The van der Waals surface area contributed by atoms with E-state index >= 15 is 0 Å². The Kier molecular flexibility index (Phi) is 9.16. The Bertz CT molecular complexity index is 581. The molecule has 1 fully saturated rings. The number of pyridine rings is 1. The molecule has 0 atom stereocenters. The number of aliphatic imine (C=N–C) groups is 1. The van der Waals surface area contributed by atoms with Crippen molar-refractivity contribution in [3.05, 3.63) is 23.9 Å². The zero-order valence-corrected chi connectivity index (χ0v) is 17.7. The molecular weight excluding hydrogens is 429 g/mol. The van der Waals surface area contributed by atoms with Crippen LogP contribution in [0.1, 0.15) is 44.7 Å². The Labute approximate surface area is 167 Å². The molecule has 25 heavy (non-hydrogen) atoms. The predicted octanol–water partition coefficient (Wildman–Crippen LogP) is 3.08.